The number of halogens is 4. The summed E-state index contributed by atoms with van der Waals surface area (Å²) in [7, 11) is 1.45. The van der Waals surface area contributed by atoms with E-state index in [1.165, 1.54) is 19.2 Å². The third-order valence-corrected chi connectivity index (χ3v) is 7.54. The first-order chi connectivity index (χ1) is 16.6. The zero-order chi connectivity index (χ0) is 25.6. The van der Waals surface area contributed by atoms with E-state index >= 15 is 0 Å². The predicted octanol–water partition coefficient (Wildman–Crippen LogP) is 6.13. The molecule has 192 valence electrons. The lowest BCUT2D eigenvalue weighted by atomic mass is 9.68. The molecular weight excluding hydrogens is 521 g/mol. The number of carbonyl (C=O) groups excluding carboxylic acids is 1. The molecule has 0 amide bonds. The van der Waals surface area contributed by atoms with Gasteiger partial charge in [-0.2, -0.15) is 13.2 Å². The maximum Gasteiger partial charge on any atom is 0.416 e. The highest BCUT2D eigenvalue weighted by Crippen LogP contribution is 2.39. The Hall–Kier alpha value is -1.90. The van der Waals surface area contributed by atoms with Gasteiger partial charge in [0.2, 0.25) is 0 Å². The minimum absolute atomic E-state index is 0.0635. The molecule has 1 fully saturated rings. The summed E-state index contributed by atoms with van der Waals surface area (Å²) in [6.45, 7) is 8.79. The molecule has 0 radical (unpaired) electrons. The van der Waals surface area contributed by atoms with Gasteiger partial charge in [0, 0.05) is 37.2 Å². The van der Waals surface area contributed by atoms with E-state index in [0.29, 0.717) is 18.5 Å². The van der Waals surface area contributed by atoms with Crippen molar-refractivity contribution in [3.05, 3.63) is 69.7 Å². The van der Waals surface area contributed by atoms with Crippen LogP contribution in [0.25, 0.3) is 0 Å². The fraction of sp³-hybridized carbons (Fsp3) is 0.519. The molecule has 4 nitrogen and oxygen atoms in total. The van der Waals surface area contributed by atoms with Gasteiger partial charge >= 0.3 is 12.1 Å². The van der Waals surface area contributed by atoms with Crippen molar-refractivity contribution >= 4 is 21.9 Å². The van der Waals surface area contributed by atoms with Crippen molar-refractivity contribution in [2.45, 2.75) is 44.8 Å². The quantitative estimate of drug-likeness (QED) is 0.349. The van der Waals surface area contributed by atoms with Gasteiger partial charge < -0.3 is 9.64 Å². The van der Waals surface area contributed by atoms with Gasteiger partial charge in [-0.05, 0) is 54.6 Å². The first-order valence-corrected chi connectivity index (χ1v) is 12.8. The van der Waals surface area contributed by atoms with E-state index in [-0.39, 0.29) is 11.9 Å². The van der Waals surface area contributed by atoms with Crippen LogP contribution in [0.1, 0.15) is 43.4 Å². The highest BCUT2D eigenvalue weighted by Gasteiger charge is 2.44. The van der Waals surface area contributed by atoms with Crippen molar-refractivity contribution < 1.29 is 22.7 Å². The highest BCUT2D eigenvalue weighted by atomic mass is 79.9. The van der Waals surface area contributed by atoms with Crippen LogP contribution < -0.4 is 0 Å². The number of nitrogens with zero attached hydrogens (tertiary/aromatic N) is 2. The van der Waals surface area contributed by atoms with Crippen LogP contribution in [0.5, 0.6) is 0 Å². The van der Waals surface area contributed by atoms with Crippen LogP contribution >= 0.6 is 15.9 Å². The summed E-state index contributed by atoms with van der Waals surface area (Å²) in [6.07, 6.45) is -2.80. The summed E-state index contributed by atoms with van der Waals surface area (Å²) < 4.78 is 45.2. The van der Waals surface area contributed by atoms with Gasteiger partial charge in [-0.3, -0.25) is 9.69 Å². The van der Waals surface area contributed by atoms with E-state index < -0.39 is 17.2 Å². The molecule has 0 saturated carbocycles. The lowest BCUT2D eigenvalue weighted by molar-refractivity contribution is -0.150. The normalized spacial score (nSPS) is 17.4. The molecule has 0 aliphatic carbocycles. The number of alkyl halides is 3. The first-order valence-electron chi connectivity index (χ1n) is 12.0. The maximum atomic E-state index is 13.0. The van der Waals surface area contributed by atoms with Crippen molar-refractivity contribution in [2.75, 3.05) is 39.8 Å². The van der Waals surface area contributed by atoms with E-state index in [1.807, 2.05) is 24.3 Å². The second-order valence-corrected chi connectivity index (χ2v) is 10.5. The number of benzene rings is 2. The third-order valence-electron chi connectivity index (χ3n) is 7.05. The molecule has 8 heteroatoms. The van der Waals surface area contributed by atoms with E-state index in [4.69, 9.17) is 4.74 Å². The summed E-state index contributed by atoms with van der Waals surface area (Å²) >= 11 is 3.53. The maximum absolute atomic E-state index is 13.0. The van der Waals surface area contributed by atoms with E-state index in [2.05, 4.69) is 39.6 Å². The highest BCUT2D eigenvalue weighted by molar-refractivity contribution is 9.10. The zero-order valence-electron chi connectivity index (χ0n) is 20.6. The molecule has 1 heterocycles. The summed E-state index contributed by atoms with van der Waals surface area (Å²) in [5.41, 5.74) is 0.323. The number of methoxy groups -OCH3 is 1. The lowest BCUT2D eigenvalue weighted by Gasteiger charge is -2.38. The van der Waals surface area contributed by atoms with Crippen molar-refractivity contribution in [3.63, 3.8) is 0 Å². The topological polar surface area (TPSA) is 32.8 Å². The summed E-state index contributed by atoms with van der Waals surface area (Å²) in [6, 6.07) is 13.5. The van der Waals surface area contributed by atoms with Gasteiger partial charge in [-0.25, -0.2) is 0 Å². The number of ether oxygens (including phenoxy) is 1. The third kappa shape index (κ3) is 6.86. The van der Waals surface area contributed by atoms with Crippen LogP contribution in [0.3, 0.4) is 0 Å². The zero-order valence-corrected chi connectivity index (χ0v) is 22.2. The van der Waals surface area contributed by atoms with Gasteiger partial charge in [0.1, 0.15) is 0 Å². The van der Waals surface area contributed by atoms with E-state index in [0.717, 1.165) is 55.2 Å². The van der Waals surface area contributed by atoms with Gasteiger partial charge in [-0.1, -0.05) is 60.1 Å². The smallest absolute Gasteiger partial charge is 0.416 e. The SMILES string of the molecule is COC(=O)C(CCCN1CCN(Cc2cccc(C(F)(F)F)c2)CC1)(c1cccc(Br)c1)C(C)C. The summed E-state index contributed by atoms with van der Waals surface area (Å²) in [5, 5.41) is 0. The Labute approximate surface area is 214 Å². The Bertz CT molecular complexity index is 990. The average Bonchev–Trinajstić information content (AvgIpc) is 2.82. The minimum Gasteiger partial charge on any atom is -0.468 e. The van der Waals surface area contributed by atoms with Crippen molar-refractivity contribution in [2.24, 2.45) is 5.92 Å². The number of esters is 1. The van der Waals surface area contributed by atoms with Crippen LogP contribution in [0.4, 0.5) is 13.2 Å². The second-order valence-electron chi connectivity index (χ2n) is 9.55. The average molecular weight is 555 g/mol. The number of piperazine rings is 1. The molecule has 2 aromatic rings. The molecule has 35 heavy (non-hydrogen) atoms. The molecule has 1 aliphatic heterocycles. The monoisotopic (exact) mass is 554 g/mol. The Morgan fingerprint density at radius 2 is 1.63 bits per heavy atom. The number of carbonyl (C=O) groups is 1. The number of hydrogen-bond acceptors (Lipinski definition) is 4. The standard InChI is InChI=1S/C27H34BrF3N2O2/c1-20(2)26(25(34)35-3,22-8-5-10-24(28)18-22)11-6-12-32-13-15-33(16-14-32)19-21-7-4-9-23(17-21)27(29,30)31/h4-5,7-10,17-18,20H,6,11-16,19H2,1-3H3. The van der Waals surface area contributed by atoms with Gasteiger partial charge in [0.25, 0.3) is 0 Å². The van der Waals surface area contributed by atoms with Crippen molar-refractivity contribution in [3.8, 4) is 0 Å². The van der Waals surface area contributed by atoms with Crippen LogP contribution in [-0.2, 0) is 27.7 Å². The lowest BCUT2D eigenvalue weighted by Crippen LogP contribution is -2.47. The Kier molecular flexibility index (Phi) is 9.40. The number of hydrogen-bond donors (Lipinski definition) is 0. The fourth-order valence-corrected chi connectivity index (χ4v) is 5.43. The molecule has 1 atom stereocenters. The van der Waals surface area contributed by atoms with Gasteiger partial charge in [0.05, 0.1) is 18.1 Å². The molecule has 0 N–H and O–H groups in total. The largest absolute Gasteiger partial charge is 0.468 e. The van der Waals surface area contributed by atoms with Crippen molar-refractivity contribution in [1.82, 2.24) is 9.80 Å². The van der Waals surface area contributed by atoms with E-state index in [1.54, 1.807) is 6.07 Å². The molecule has 1 saturated heterocycles. The van der Waals surface area contributed by atoms with Gasteiger partial charge in [-0.15, -0.1) is 0 Å². The molecule has 0 spiro atoms. The first kappa shape index (κ1) is 27.7. The molecule has 0 bridgehead atoms. The molecule has 3 rings (SSSR count). The minimum atomic E-state index is -4.32. The Balaban J connectivity index is 1.57. The van der Waals surface area contributed by atoms with E-state index in [9.17, 15) is 18.0 Å². The van der Waals surface area contributed by atoms with Crippen LogP contribution in [0, 0.1) is 5.92 Å². The molecule has 1 aliphatic rings. The fourth-order valence-electron chi connectivity index (χ4n) is 5.03. The Morgan fingerprint density at radius 1 is 1.00 bits per heavy atom. The summed E-state index contributed by atoms with van der Waals surface area (Å²) in [4.78, 5) is 17.6. The van der Waals surface area contributed by atoms with Crippen LogP contribution in [0.15, 0.2) is 53.0 Å². The van der Waals surface area contributed by atoms with Crippen LogP contribution in [-0.4, -0.2) is 55.6 Å². The van der Waals surface area contributed by atoms with Crippen LogP contribution in [0.2, 0.25) is 0 Å². The Morgan fingerprint density at radius 3 is 2.23 bits per heavy atom. The molecule has 0 aromatic heterocycles. The van der Waals surface area contributed by atoms with Crippen molar-refractivity contribution in [1.29, 1.82) is 0 Å². The predicted molar refractivity (Wildman–Crippen MR) is 135 cm³/mol. The van der Waals surface area contributed by atoms with Gasteiger partial charge in [0.15, 0.2) is 0 Å². The molecular formula is C27H34BrF3N2O2. The second kappa shape index (κ2) is 11.9. The molecule has 2 aromatic carbocycles. The summed E-state index contributed by atoms with van der Waals surface area (Å²) in [5.74, 6) is -0.148. The molecule has 1 unspecified atom stereocenters. The number of rotatable bonds is 9.